The summed E-state index contributed by atoms with van der Waals surface area (Å²) in [7, 11) is 0. The number of ether oxygens (including phenoxy) is 3. The first-order chi connectivity index (χ1) is 15.2. The summed E-state index contributed by atoms with van der Waals surface area (Å²) < 4.78 is 17.3. The summed E-state index contributed by atoms with van der Waals surface area (Å²) in [4.78, 5) is 12.1. The molecule has 1 rings (SSSR count). The average molecular weight is 441 g/mol. The Morgan fingerprint density at radius 1 is 0.742 bits per heavy atom. The summed E-state index contributed by atoms with van der Waals surface area (Å²) in [6.07, 6.45) is 21.8. The van der Waals surface area contributed by atoms with Gasteiger partial charge in [0.1, 0.15) is 6.10 Å². The minimum atomic E-state index is -0.241. The van der Waals surface area contributed by atoms with Crippen LogP contribution in [-0.4, -0.2) is 31.6 Å². The molecule has 0 N–H and O–H groups in total. The van der Waals surface area contributed by atoms with Crippen molar-refractivity contribution in [3.05, 3.63) is 0 Å². The summed E-state index contributed by atoms with van der Waals surface area (Å²) >= 11 is 0. The first-order valence-electron chi connectivity index (χ1n) is 13.6. The minimum Gasteiger partial charge on any atom is -0.457 e. The molecule has 184 valence electrons. The molecule has 1 saturated heterocycles. The van der Waals surface area contributed by atoms with E-state index in [2.05, 4.69) is 20.8 Å². The predicted octanol–water partition coefficient (Wildman–Crippen LogP) is 7.97. The van der Waals surface area contributed by atoms with Gasteiger partial charge in [0.05, 0.1) is 13.2 Å². The molecule has 0 aromatic carbocycles. The van der Waals surface area contributed by atoms with E-state index in [1.807, 2.05) is 0 Å². The third-order valence-corrected chi connectivity index (χ3v) is 6.51. The molecule has 1 aliphatic heterocycles. The van der Waals surface area contributed by atoms with Gasteiger partial charge in [-0.05, 0) is 19.3 Å². The van der Waals surface area contributed by atoms with Crippen LogP contribution in [0.1, 0.15) is 136 Å². The molecule has 0 aromatic rings. The van der Waals surface area contributed by atoms with Gasteiger partial charge in [0.15, 0.2) is 6.29 Å². The number of esters is 1. The standard InChI is InChI=1S/C27H52O4/c1-4-7-9-10-11-12-13-14-15-16-17-18-19-21-26(28)31-25-22-29-27(30-23-25)24(6-3)20-8-5-2/h24-25,27H,4-23H2,1-3H3. The molecule has 0 saturated carbocycles. The van der Waals surface area contributed by atoms with Crippen molar-refractivity contribution in [2.45, 2.75) is 149 Å². The third kappa shape index (κ3) is 15.0. The molecule has 0 aliphatic carbocycles. The molecular weight excluding hydrogens is 388 g/mol. The van der Waals surface area contributed by atoms with Gasteiger partial charge >= 0.3 is 5.97 Å². The Kier molecular flexibility index (Phi) is 18.4. The zero-order chi connectivity index (χ0) is 22.6. The van der Waals surface area contributed by atoms with E-state index in [9.17, 15) is 4.79 Å². The molecular formula is C27H52O4. The Balaban J connectivity index is 1.93. The van der Waals surface area contributed by atoms with E-state index in [0.29, 0.717) is 25.6 Å². The molecule has 1 aliphatic rings. The maximum absolute atomic E-state index is 12.1. The lowest BCUT2D eigenvalue weighted by molar-refractivity contribution is -0.245. The summed E-state index contributed by atoms with van der Waals surface area (Å²) in [5.41, 5.74) is 0. The number of hydrogen-bond donors (Lipinski definition) is 0. The molecule has 0 bridgehead atoms. The fourth-order valence-electron chi connectivity index (χ4n) is 4.37. The highest BCUT2D eigenvalue weighted by molar-refractivity contribution is 5.69. The van der Waals surface area contributed by atoms with E-state index >= 15 is 0 Å². The van der Waals surface area contributed by atoms with Crippen molar-refractivity contribution in [3.8, 4) is 0 Å². The largest absolute Gasteiger partial charge is 0.457 e. The molecule has 4 heteroatoms. The normalized spacial score (nSPS) is 20.0. The highest BCUT2D eigenvalue weighted by Crippen LogP contribution is 2.24. The molecule has 4 nitrogen and oxygen atoms in total. The van der Waals surface area contributed by atoms with Crippen LogP contribution >= 0.6 is 0 Å². The zero-order valence-electron chi connectivity index (χ0n) is 21.0. The van der Waals surface area contributed by atoms with Crippen LogP contribution in [0.2, 0.25) is 0 Å². The van der Waals surface area contributed by atoms with Gasteiger partial charge in [-0.1, -0.05) is 111 Å². The van der Waals surface area contributed by atoms with Crippen LogP contribution in [0.3, 0.4) is 0 Å². The van der Waals surface area contributed by atoms with Crippen LogP contribution in [0.5, 0.6) is 0 Å². The van der Waals surface area contributed by atoms with Gasteiger partial charge in [-0.3, -0.25) is 4.79 Å². The second kappa shape index (κ2) is 20.0. The molecule has 31 heavy (non-hydrogen) atoms. The fourth-order valence-corrected chi connectivity index (χ4v) is 4.37. The lowest BCUT2D eigenvalue weighted by Gasteiger charge is -2.33. The topological polar surface area (TPSA) is 44.8 Å². The number of carbonyl (C=O) groups is 1. The first-order valence-corrected chi connectivity index (χ1v) is 13.6. The first kappa shape index (κ1) is 28.4. The molecule has 1 atom stereocenters. The van der Waals surface area contributed by atoms with Crippen molar-refractivity contribution >= 4 is 5.97 Å². The zero-order valence-corrected chi connectivity index (χ0v) is 21.0. The van der Waals surface area contributed by atoms with Crippen LogP contribution in [-0.2, 0) is 19.0 Å². The van der Waals surface area contributed by atoms with E-state index in [4.69, 9.17) is 14.2 Å². The van der Waals surface area contributed by atoms with E-state index < -0.39 is 0 Å². The van der Waals surface area contributed by atoms with Gasteiger partial charge in [0.2, 0.25) is 0 Å². The maximum atomic E-state index is 12.1. The Bertz CT molecular complexity index is 404. The maximum Gasteiger partial charge on any atom is 0.306 e. The van der Waals surface area contributed by atoms with Gasteiger partial charge in [-0.2, -0.15) is 0 Å². The van der Waals surface area contributed by atoms with Gasteiger partial charge in [0, 0.05) is 12.3 Å². The second-order valence-electron chi connectivity index (χ2n) is 9.45. The van der Waals surface area contributed by atoms with Gasteiger partial charge < -0.3 is 14.2 Å². The Morgan fingerprint density at radius 3 is 1.71 bits per heavy atom. The lowest BCUT2D eigenvalue weighted by atomic mass is 9.98. The molecule has 1 heterocycles. The summed E-state index contributed by atoms with van der Waals surface area (Å²) in [5.74, 6) is 0.346. The Labute approximate surface area is 193 Å². The van der Waals surface area contributed by atoms with Gasteiger partial charge in [-0.25, -0.2) is 0 Å². The van der Waals surface area contributed by atoms with E-state index in [-0.39, 0.29) is 18.4 Å². The Hall–Kier alpha value is -0.610. The number of hydrogen-bond acceptors (Lipinski definition) is 4. The van der Waals surface area contributed by atoms with Crippen LogP contribution in [0.15, 0.2) is 0 Å². The lowest BCUT2D eigenvalue weighted by Crippen LogP contribution is -2.41. The van der Waals surface area contributed by atoms with Crippen molar-refractivity contribution in [3.63, 3.8) is 0 Å². The van der Waals surface area contributed by atoms with E-state index in [1.165, 1.54) is 83.5 Å². The molecule has 1 unspecified atom stereocenters. The quantitative estimate of drug-likeness (QED) is 0.142. The average Bonchev–Trinajstić information content (AvgIpc) is 2.78. The van der Waals surface area contributed by atoms with E-state index in [1.54, 1.807) is 0 Å². The molecule has 0 aromatic heterocycles. The number of unbranched alkanes of at least 4 members (excludes halogenated alkanes) is 13. The van der Waals surface area contributed by atoms with Crippen LogP contribution in [0.4, 0.5) is 0 Å². The SMILES string of the molecule is CCCCCCCCCCCCCCCC(=O)OC1COC(C(CC)CCCC)OC1. The van der Waals surface area contributed by atoms with Crippen molar-refractivity contribution in [2.75, 3.05) is 13.2 Å². The van der Waals surface area contributed by atoms with Gasteiger partial charge in [-0.15, -0.1) is 0 Å². The molecule has 0 radical (unpaired) electrons. The van der Waals surface area contributed by atoms with Crippen LogP contribution in [0.25, 0.3) is 0 Å². The predicted molar refractivity (Wildman–Crippen MR) is 129 cm³/mol. The van der Waals surface area contributed by atoms with Crippen molar-refractivity contribution in [1.82, 2.24) is 0 Å². The Morgan fingerprint density at radius 2 is 1.23 bits per heavy atom. The summed E-state index contributed by atoms with van der Waals surface area (Å²) in [6.45, 7) is 7.61. The second-order valence-corrected chi connectivity index (χ2v) is 9.45. The molecule has 0 amide bonds. The van der Waals surface area contributed by atoms with Crippen LogP contribution in [0, 0.1) is 5.92 Å². The van der Waals surface area contributed by atoms with Crippen molar-refractivity contribution < 1.29 is 19.0 Å². The molecule has 1 fully saturated rings. The molecule has 0 spiro atoms. The highest BCUT2D eigenvalue weighted by atomic mass is 16.7. The monoisotopic (exact) mass is 440 g/mol. The van der Waals surface area contributed by atoms with Crippen molar-refractivity contribution in [2.24, 2.45) is 5.92 Å². The van der Waals surface area contributed by atoms with Gasteiger partial charge in [0.25, 0.3) is 0 Å². The fraction of sp³-hybridized carbons (Fsp3) is 0.963. The third-order valence-electron chi connectivity index (χ3n) is 6.51. The minimum absolute atomic E-state index is 0.100. The van der Waals surface area contributed by atoms with Crippen molar-refractivity contribution in [1.29, 1.82) is 0 Å². The summed E-state index contributed by atoms with van der Waals surface area (Å²) in [6, 6.07) is 0. The number of rotatable bonds is 20. The number of carbonyl (C=O) groups excluding carboxylic acids is 1. The summed E-state index contributed by atoms with van der Waals surface area (Å²) in [5, 5.41) is 0. The van der Waals surface area contributed by atoms with E-state index in [0.717, 1.165) is 25.7 Å². The highest BCUT2D eigenvalue weighted by Gasteiger charge is 2.29. The smallest absolute Gasteiger partial charge is 0.306 e. The van der Waals surface area contributed by atoms with Crippen LogP contribution < -0.4 is 0 Å².